The number of hydrogen-bond donors (Lipinski definition) is 0. The van der Waals surface area contributed by atoms with Gasteiger partial charge in [0.05, 0.1) is 5.92 Å². The fourth-order valence-corrected chi connectivity index (χ4v) is 4.37. The van der Waals surface area contributed by atoms with E-state index in [1.54, 1.807) is 0 Å². The van der Waals surface area contributed by atoms with Crippen LogP contribution in [0.15, 0.2) is 54.6 Å². The van der Waals surface area contributed by atoms with E-state index in [0.29, 0.717) is 25.2 Å². The Labute approximate surface area is 154 Å². The van der Waals surface area contributed by atoms with E-state index >= 15 is 0 Å². The van der Waals surface area contributed by atoms with Gasteiger partial charge in [-0.3, -0.25) is 9.59 Å². The van der Waals surface area contributed by atoms with Crippen molar-refractivity contribution in [3.05, 3.63) is 60.2 Å². The summed E-state index contributed by atoms with van der Waals surface area (Å²) in [6.45, 7) is 0.299. The topological polar surface area (TPSA) is 43.4 Å². The zero-order valence-corrected chi connectivity index (χ0v) is 14.9. The first kappa shape index (κ1) is 17.0. The second kappa shape index (κ2) is 7.45. The van der Waals surface area contributed by atoms with Crippen LogP contribution in [-0.2, 0) is 20.9 Å². The average molecular weight is 348 g/mol. The van der Waals surface area contributed by atoms with Crippen molar-refractivity contribution in [3.8, 4) is 11.1 Å². The first-order valence-corrected chi connectivity index (χ1v) is 9.55. The minimum absolute atomic E-state index is 0.0882. The number of ether oxygens (including phenoxy) is 1. The van der Waals surface area contributed by atoms with Crippen LogP contribution in [0, 0.1) is 17.8 Å². The molecule has 2 aromatic rings. The molecule has 0 amide bonds. The first-order valence-electron chi connectivity index (χ1n) is 9.55. The van der Waals surface area contributed by atoms with Crippen molar-refractivity contribution >= 4 is 11.8 Å². The molecule has 2 unspecified atom stereocenters. The van der Waals surface area contributed by atoms with Gasteiger partial charge in [-0.05, 0) is 42.4 Å². The van der Waals surface area contributed by atoms with E-state index in [1.807, 2.05) is 30.3 Å². The molecule has 2 fully saturated rings. The monoisotopic (exact) mass is 348 g/mol. The molecule has 0 aliphatic heterocycles. The molecule has 0 aromatic heterocycles. The van der Waals surface area contributed by atoms with Gasteiger partial charge in [0.15, 0.2) is 0 Å². The van der Waals surface area contributed by atoms with Crippen LogP contribution in [-0.4, -0.2) is 11.8 Å². The lowest BCUT2D eigenvalue weighted by Gasteiger charge is -2.36. The molecule has 2 saturated carbocycles. The smallest absolute Gasteiger partial charge is 0.309 e. The van der Waals surface area contributed by atoms with Crippen molar-refractivity contribution in [3.63, 3.8) is 0 Å². The number of rotatable bonds is 4. The van der Waals surface area contributed by atoms with Gasteiger partial charge in [-0.1, -0.05) is 61.0 Å². The predicted molar refractivity (Wildman–Crippen MR) is 100 cm³/mol. The third-order valence-corrected chi connectivity index (χ3v) is 5.82. The molecular weight excluding hydrogens is 324 g/mol. The molecule has 4 rings (SSSR count). The highest BCUT2D eigenvalue weighted by atomic mass is 16.5. The summed E-state index contributed by atoms with van der Waals surface area (Å²) in [4.78, 5) is 24.6. The minimum atomic E-state index is -0.137. The molecule has 0 N–H and O–H groups in total. The standard InChI is InChI=1S/C23H24O3/c24-22-19-7-4-8-20(22)14-21(13-19)23(25)26-15-16-9-11-18(12-10-16)17-5-2-1-3-6-17/h1-3,5-6,9-12,19-21H,4,7-8,13-15H2. The summed E-state index contributed by atoms with van der Waals surface area (Å²) in [5, 5.41) is 0. The Bertz CT molecular complexity index is 763. The van der Waals surface area contributed by atoms with Gasteiger partial charge in [-0.2, -0.15) is 0 Å². The van der Waals surface area contributed by atoms with Crippen molar-refractivity contribution in [1.82, 2.24) is 0 Å². The molecule has 2 aliphatic carbocycles. The maximum Gasteiger partial charge on any atom is 0.309 e. The van der Waals surface area contributed by atoms with E-state index in [9.17, 15) is 9.59 Å². The molecule has 26 heavy (non-hydrogen) atoms. The van der Waals surface area contributed by atoms with Crippen LogP contribution < -0.4 is 0 Å². The summed E-state index contributed by atoms with van der Waals surface area (Å²) in [7, 11) is 0. The molecule has 2 atom stereocenters. The van der Waals surface area contributed by atoms with E-state index < -0.39 is 0 Å². The predicted octanol–water partition coefficient (Wildman–Crippen LogP) is 4.79. The maximum atomic E-state index is 12.5. The number of carbonyl (C=O) groups excluding carboxylic acids is 2. The van der Waals surface area contributed by atoms with Crippen LogP contribution >= 0.6 is 0 Å². The minimum Gasteiger partial charge on any atom is -0.461 e. The van der Waals surface area contributed by atoms with Gasteiger partial charge in [0.2, 0.25) is 0 Å². The first-order chi connectivity index (χ1) is 12.7. The van der Waals surface area contributed by atoms with Crippen molar-refractivity contribution in [2.75, 3.05) is 0 Å². The van der Waals surface area contributed by atoms with Crippen LogP contribution in [0.25, 0.3) is 11.1 Å². The van der Waals surface area contributed by atoms with Gasteiger partial charge in [0.25, 0.3) is 0 Å². The van der Waals surface area contributed by atoms with Crippen molar-refractivity contribution in [2.45, 2.75) is 38.7 Å². The molecule has 3 heteroatoms. The second-order valence-electron chi connectivity index (χ2n) is 7.57. The largest absolute Gasteiger partial charge is 0.461 e. The van der Waals surface area contributed by atoms with Gasteiger partial charge in [0, 0.05) is 11.8 Å². The fraction of sp³-hybridized carbons (Fsp3) is 0.391. The van der Waals surface area contributed by atoms with Crippen LogP contribution in [0.2, 0.25) is 0 Å². The number of esters is 1. The number of carbonyl (C=O) groups is 2. The lowest BCUT2D eigenvalue weighted by atomic mass is 9.67. The Kier molecular flexibility index (Phi) is 4.87. The SMILES string of the molecule is O=C(OCc1ccc(-c2ccccc2)cc1)C1CC2CCCC(C1)C2=O. The fourth-order valence-electron chi connectivity index (χ4n) is 4.37. The number of Topliss-reactive ketones (excluding diaryl/α,β-unsaturated/α-hetero) is 1. The van der Waals surface area contributed by atoms with E-state index in [-0.39, 0.29) is 23.7 Å². The Morgan fingerprint density at radius 1 is 0.885 bits per heavy atom. The summed E-state index contributed by atoms with van der Waals surface area (Å²) in [6, 6.07) is 18.3. The highest BCUT2D eigenvalue weighted by molar-refractivity contribution is 5.87. The van der Waals surface area contributed by atoms with Gasteiger partial charge in [-0.25, -0.2) is 0 Å². The van der Waals surface area contributed by atoms with Crippen molar-refractivity contribution < 1.29 is 14.3 Å². The molecular formula is C23H24O3. The van der Waals surface area contributed by atoms with Crippen LogP contribution in [0.3, 0.4) is 0 Å². The molecule has 0 radical (unpaired) electrons. The van der Waals surface area contributed by atoms with Gasteiger partial charge in [0.1, 0.15) is 12.4 Å². The van der Waals surface area contributed by atoms with Crippen molar-refractivity contribution in [2.24, 2.45) is 17.8 Å². The lowest BCUT2D eigenvalue weighted by molar-refractivity contribution is -0.154. The van der Waals surface area contributed by atoms with Gasteiger partial charge in [-0.15, -0.1) is 0 Å². The zero-order valence-electron chi connectivity index (χ0n) is 14.9. The lowest BCUT2D eigenvalue weighted by Crippen LogP contribution is -2.39. The molecule has 2 bridgehead atoms. The molecule has 3 nitrogen and oxygen atoms in total. The summed E-state index contributed by atoms with van der Waals surface area (Å²) < 4.78 is 5.56. The quantitative estimate of drug-likeness (QED) is 0.746. The number of fused-ring (bicyclic) bond motifs is 2. The highest BCUT2D eigenvalue weighted by Crippen LogP contribution is 2.40. The molecule has 2 aliphatic rings. The number of benzene rings is 2. The second-order valence-corrected chi connectivity index (χ2v) is 7.57. The third kappa shape index (κ3) is 3.57. The Morgan fingerprint density at radius 2 is 1.50 bits per heavy atom. The van der Waals surface area contributed by atoms with Gasteiger partial charge < -0.3 is 4.74 Å². The van der Waals surface area contributed by atoms with E-state index in [0.717, 1.165) is 30.4 Å². The van der Waals surface area contributed by atoms with Gasteiger partial charge >= 0.3 is 5.97 Å². The van der Waals surface area contributed by atoms with Crippen LogP contribution in [0.4, 0.5) is 0 Å². The Balaban J connectivity index is 1.34. The summed E-state index contributed by atoms with van der Waals surface area (Å²) >= 11 is 0. The average Bonchev–Trinajstić information content (AvgIpc) is 2.67. The number of hydrogen-bond acceptors (Lipinski definition) is 3. The van der Waals surface area contributed by atoms with E-state index in [1.165, 1.54) is 5.56 Å². The molecule has 0 saturated heterocycles. The van der Waals surface area contributed by atoms with Crippen LogP contribution in [0.5, 0.6) is 0 Å². The molecule has 2 aromatic carbocycles. The van der Waals surface area contributed by atoms with E-state index in [4.69, 9.17) is 4.74 Å². The Hall–Kier alpha value is -2.42. The molecule has 0 heterocycles. The summed E-state index contributed by atoms with van der Waals surface area (Å²) in [6.07, 6.45) is 4.37. The normalized spacial score (nSPS) is 24.9. The van der Waals surface area contributed by atoms with Crippen molar-refractivity contribution in [1.29, 1.82) is 0 Å². The highest BCUT2D eigenvalue weighted by Gasteiger charge is 2.41. The Morgan fingerprint density at radius 3 is 2.15 bits per heavy atom. The molecule has 134 valence electrons. The van der Waals surface area contributed by atoms with Crippen LogP contribution in [0.1, 0.15) is 37.7 Å². The summed E-state index contributed by atoms with van der Waals surface area (Å²) in [5.41, 5.74) is 3.32. The zero-order chi connectivity index (χ0) is 17.9. The number of ketones is 1. The molecule has 0 spiro atoms. The van der Waals surface area contributed by atoms with E-state index in [2.05, 4.69) is 24.3 Å². The maximum absolute atomic E-state index is 12.5. The third-order valence-electron chi connectivity index (χ3n) is 5.82. The summed E-state index contributed by atoms with van der Waals surface area (Å²) in [5.74, 6) is 0.320.